The number of thiophene rings is 1. The molecule has 0 aromatic carbocycles. The Morgan fingerprint density at radius 3 is 2.94 bits per heavy atom. The van der Waals surface area contributed by atoms with Gasteiger partial charge in [-0.05, 0) is 46.0 Å². The van der Waals surface area contributed by atoms with Gasteiger partial charge >= 0.3 is 0 Å². The number of nitrogens with zero attached hydrogens (tertiary/aromatic N) is 2. The fourth-order valence-corrected chi connectivity index (χ4v) is 3.94. The van der Waals surface area contributed by atoms with Crippen molar-refractivity contribution in [1.82, 2.24) is 15.0 Å². The van der Waals surface area contributed by atoms with E-state index in [0.717, 1.165) is 27.2 Å². The van der Waals surface area contributed by atoms with Crippen LogP contribution in [0.25, 0.3) is 0 Å². The standard InChI is InChI=1S/C10H13BrN4S2/c1-2-7-10(17-15-14-7)8(13-12)5-6-3-4-9(11)16-6/h3-4,8,13H,2,5,12H2,1H3. The van der Waals surface area contributed by atoms with Crippen molar-refractivity contribution in [3.63, 3.8) is 0 Å². The zero-order valence-electron chi connectivity index (χ0n) is 9.31. The number of hydrogen-bond donors (Lipinski definition) is 2. The fraction of sp³-hybridized carbons (Fsp3) is 0.400. The molecular weight excluding hydrogens is 320 g/mol. The number of hydrogen-bond acceptors (Lipinski definition) is 6. The zero-order chi connectivity index (χ0) is 12.3. The SMILES string of the molecule is CCc1nnsc1C(Cc1ccc(Br)s1)NN. The van der Waals surface area contributed by atoms with Crippen molar-refractivity contribution >= 4 is 38.8 Å². The quantitative estimate of drug-likeness (QED) is 0.652. The van der Waals surface area contributed by atoms with Gasteiger partial charge in [-0.25, -0.2) is 0 Å². The lowest BCUT2D eigenvalue weighted by atomic mass is 10.1. The number of hydrazine groups is 1. The number of rotatable bonds is 5. The lowest BCUT2D eigenvalue weighted by molar-refractivity contribution is 0.559. The summed E-state index contributed by atoms with van der Waals surface area (Å²) < 4.78 is 5.14. The highest BCUT2D eigenvalue weighted by molar-refractivity contribution is 9.11. The van der Waals surface area contributed by atoms with Crippen LogP contribution in [0.15, 0.2) is 15.9 Å². The molecule has 92 valence electrons. The number of aryl methyl sites for hydroxylation is 1. The van der Waals surface area contributed by atoms with E-state index in [0.29, 0.717) is 0 Å². The molecule has 3 N–H and O–H groups in total. The maximum Gasteiger partial charge on any atom is 0.0801 e. The Labute approximate surface area is 117 Å². The summed E-state index contributed by atoms with van der Waals surface area (Å²) in [5.74, 6) is 5.64. The van der Waals surface area contributed by atoms with Crippen LogP contribution in [0.3, 0.4) is 0 Å². The summed E-state index contributed by atoms with van der Waals surface area (Å²) in [7, 11) is 0. The van der Waals surface area contributed by atoms with Crippen LogP contribution in [0.1, 0.15) is 28.4 Å². The molecule has 17 heavy (non-hydrogen) atoms. The molecule has 1 atom stereocenters. The Morgan fingerprint density at radius 2 is 2.35 bits per heavy atom. The summed E-state index contributed by atoms with van der Waals surface area (Å²) >= 11 is 6.61. The van der Waals surface area contributed by atoms with Gasteiger partial charge < -0.3 is 0 Å². The molecule has 7 heteroatoms. The van der Waals surface area contributed by atoms with Crippen molar-refractivity contribution in [2.45, 2.75) is 25.8 Å². The second-order valence-corrected chi connectivity index (χ2v) is 6.90. The normalized spacial score (nSPS) is 12.9. The molecule has 0 amide bonds. The van der Waals surface area contributed by atoms with E-state index in [-0.39, 0.29) is 6.04 Å². The van der Waals surface area contributed by atoms with Crippen molar-refractivity contribution in [2.75, 3.05) is 0 Å². The van der Waals surface area contributed by atoms with Crippen molar-refractivity contribution in [3.05, 3.63) is 31.4 Å². The van der Waals surface area contributed by atoms with Crippen molar-refractivity contribution in [3.8, 4) is 0 Å². The molecule has 0 fully saturated rings. The molecule has 2 heterocycles. The van der Waals surface area contributed by atoms with E-state index < -0.39 is 0 Å². The van der Waals surface area contributed by atoms with Crippen LogP contribution < -0.4 is 11.3 Å². The summed E-state index contributed by atoms with van der Waals surface area (Å²) in [6.45, 7) is 2.08. The average Bonchev–Trinajstić information content (AvgIpc) is 2.94. The van der Waals surface area contributed by atoms with Crippen LogP contribution in [-0.2, 0) is 12.8 Å². The third-order valence-electron chi connectivity index (χ3n) is 2.47. The molecule has 2 rings (SSSR count). The van der Waals surface area contributed by atoms with Gasteiger partial charge in [0.1, 0.15) is 0 Å². The molecule has 1 unspecified atom stereocenters. The Morgan fingerprint density at radius 1 is 1.53 bits per heavy atom. The highest BCUT2D eigenvalue weighted by Gasteiger charge is 2.18. The van der Waals surface area contributed by atoms with E-state index in [1.54, 1.807) is 11.3 Å². The fourth-order valence-electron chi connectivity index (χ4n) is 1.62. The molecule has 0 aliphatic heterocycles. The molecule has 0 radical (unpaired) electrons. The van der Waals surface area contributed by atoms with Gasteiger partial charge in [-0.1, -0.05) is 11.4 Å². The lowest BCUT2D eigenvalue weighted by Gasteiger charge is -2.13. The third-order valence-corrected chi connectivity index (χ3v) is 5.00. The minimum atomic E-state index is 0.0931. The molecule has 0 saturated carbocycles. The zero-order valence-corrected chi connectivity index (χ0v) is 12.5. The van der Waals surface area contributed by atoms with E-state index in [1.165, 1.54) is 16.4 Å². The summed E-state index contributed by atoms with van der Waals surface area (Å²) in [6, 6.07) is 4.26. The van der Waals surface area contributed by atoms with Crippen LogP contribution in [0.5, 0.6) is 0 Å². The lowest BCUT2D eigenvalue weighted by Crippen LogP contribution is -2.29. The molecule has 4 nitrogen and oxygen atoms in total. The summed E-state index contributed by atoms with van der Waals surface area (Å²) in [4.78, 5) is 2.43. The van der Waals surface area contributed by atoms with E-state index in [2.05, 4.69) is 50.0 Å². The minimum Gasteiger partial charge on any atom is -0.271 e. The molecule has 0 bridgehead atoms. The maximum absolute atomic E-state index is 5.64. The van der Waals surface area contributed by atoms with E-state index in [9.17, 15) is 0 Å². The summed E-state index contributed by atoms with van der Waals surface area (Å²) in [6.07, 6.45) is 1.75. The smallest absolute Gasteiger partial charge is 0.0801 e. The first-order valence-electron chi connectivity index (χ1n) is 5.26. The van der Waals surface area contributed by atoms with Gasteiger partial charge in [0, 0.05) is 11.3 Å². The van der Waals surface area contributed by atoms with E-state index in [4.69, 9.17) is 5.84 Å². The van der Waals surface area contributed by atoms with Crippen molar-refractivity contribution < 1.29 is 0 Å². The topological polar surface area (TPSA) is 63.8 Å². The first kappa shape index (κ1) is 13.1. The molecule has 0 aliphatic carbocycles. The Hall–Kier alpha value is -0.340. The van der Waals surface area contributed by atoms with E-state index in [1.807, 2.05) is 0 Å². The Kier molecular flexibility index (Phi) is 4.63. The molecule has 0 aliphatic rings. The van der Waals surface area contributed by atoms with Crippen LogP contribution in [0, 0.1) is 0 Å². The van der Waals surface area contributed by atoms with Gasteiger partial charge in [0.25, 0.3) is 0 Å². The van der Waals surface area contributed by atoms with Crippen molar-refractivity contribution in [2.24, 2.45) is 5.84 Å². The molecule has 2 aromatic rings. The minimum absolute atomic E-state index is 0.0931. The third kappa shape index (κ3) is 3.11. The van der Waals surface area contributed by atoms with Crippen LogP contribution in [0.4, 0.5) is 0 Å². The predicted molar refractivity (Wildman–Crippen MR) is 75.1 cm³/mol. The largest absolute Gasteiger partial charge is 0.271 e. The van der Waals surface area contributed by atoms with Crippen LogP contribution in [0.2, 0.25) is 0 Å². The predicted octanol–water partition coefficient (Wildman–Crippen LogP) is 2.67. The number of nitrogens with one attached hydrogen (secondary N) is 1. The van der Waals surface area contributed by atoms with Gasteiger partial charge in [0.15, 0.2) is 0 Å². The number of halogens is 1. The van der Waals surface area contributed by atoms with Crippen molar-refractivity contribution in [1.29, 1.82) is 0 Å². The highest BCUT2D eigenvalue weighted by atomic mass is 79.9. The molecular formula is C10H13BrN4S2. The monoisotopic (exact) mass is 332 g/mol. The van der Waals surface area contributed by atoms with Gasteiger partial charge in [-0.15, -0.1) is 16.4 Å². The first-order valence-corrected chi connectivity index (χ1v) is 7.64. The molecule has 2 aromatic heterocycles. The maximum atomic E-state index is 5.64. The van der Waals surface area contributed by atoms with Gasteiger partial charge in [0.2, 0.25) is 0 Å². The first-order chi connectivity index (χ1) is 8.24. The Bertz CT molecular complexity index is 482. The molecule has 0 saturated heterocycles. The number of nitrogens with two attached hydrogens (primary N) is 1. The average molecular weight is 333 g/mol. The molecule has 0 spiro atoms. The van der Waals surface area contributed by atoms with Gasteiger partial charge in [0.05, 0.1) is 20.4 Å². The summed E-state index contributed by atoms with van der Waals surface area (Å²) in [5, 5.41) is 4.12. The Balaban J connectivity index is 2.16. The van der Waals surface area contributed by atoms with E-state index >= 15 is 0 Å². The number of aromatic nitrogens is 2. The van der Waals surface area contributed by atoms with Gasteiger partial charge in [-0.3, -0.25) is 11.3 Å². The van der Waals surface area contributed by atoms with Gasteiger partial charge in [-0.2, -0.15) is 0 Å². The summed E-state index contributed by atoms with van der Waals surface area (Å²) in [5.41, 5.74) is 3.89. The van der Waals surface area contributed by atoms with Crippen LogP contribution >= 0.6 is 38.8 Å². The van der Waals surface area contributed by atoms with Crippen LogP contribution in [-0.4, -0.2) is 9.59 Å². The highest BCUT2D eigenvalue weighted by Crippen LogP contribution is 2.29. The second kappa shape index (κ2) is 6.01. The second-order valence-electron chi connectivity index (χ2n) is 3.57.